The van der Waals surface area contributed by atoms with Crippen LogP contribution in [0, 0.1) is 5.92 Å². The van der Waals surface area contributed by atoms with Gasteiger partial charge in [-0.25, -0.2) is 0 Å². The molecule has 2 aromatic rings. The molecule has 0 amide bonds. The number of pyridine rings is 1. The smallest absolute Gasteiger partial charge is 0.109 e. The second-order valence-corrected chi connectivity index (χ2v) is 6.29. The Morgan fingerprint density at radius 3 is 2.84 bits per heavy atom. The Morgan fingerprint density at radius 2 is 1.96 bits per heavy atom. The summed E-state index contributed by atoms with van der Waals surface area (Å²) in [7, 11) is 0. The van der Waals surface area contributed by atoms with Crippen LogP contribution in [0.2, 0.25) is 0 Å². The third-order valence-electron chi connectivity index (χ3n) is 4.71. The number of rotatable bonds is 5. The summed E-state index contributed by atoms with van der Waals surface area (Å²) in [6.07, 6.45) is 10.5. The Kier molecular flexibility index (Phi) is 4.59. The number of nitrogens with zero attached hydrogens (tertiary/aromatic N) is 2. The van der Waals surface area contributed by atoms with Crippen LogP contribution in [0.3, 0.4) is 0 Å². The quantitative estimate of drug-likeness (QED) is 0.735. The van der Waals surface area contributed by atoms with E-state index in [2.05, 4.69) is 53.1 Å². The number of hydrogen-bond acceptors (Lipinski definition) is 4. The normalized spacial score (nSPS) is 22.7. The van der Waals surface area contributed by atoms with E-state index in [1.54, 1.807) is 0 Å². The highest BCUT2D eigenvalue weighted by molar-refractivity contribution is 6.09. The molecule has 25 heavy (non-hydrogen) atoms. The molecule has 128 valence electrons. The van der Waals surface area contributed by atoms with Crippen molar-refractivity contribution in [2.75, 3.05) is 31.6 Å². The van der Waals surface area contributed by atoms with Crippen LogP contribution in [0.5, 0.6) is 0 Å². The Labute approximate surface area is 147 Å². The summed E-state index contributed by atoms with van der Waals surface area (Å²) in [6.45, 7) is 2.18. The number of allylic oxidation sites excluding steroid dienone is 3. The van der Waals surface area contributed by atoms with Crippen molar-refractivity contribution in [1.29, 1.82) is 0 Å². The molecule has 3 N–H and O–H groups in total. The van der Waals surface area contributed by atoms with Gasteiger partial charge in [0, 0.05) is 41.9 Å². The van der Waals surface area contributed by atoms with E-state index in [0.717, 1.165) is 29.1 Å². The summed E-state index contributed by atoms with van der Waals surface area (Å²) in [4.78, 5) is 9.54. The first kappa shape index (κ1) is 16.0. The number of anilines is 1. The van der Waals surface area contributed by atoms with E-state index in [1.165, 1.54) is 5.39 Å². The van der Waals surface area contributed by atoms with Crippen LogP contribution in [0.4, 0.5) is 5.69 Å². The molecule has 4 rings (SSSR count). The van der Waals surface area contributed by atoms with Crippen LogP contribution in [0.1, 0.15) is 11.6 Å². The molecule has 1 aromatic carbocycles. The van der Waals surface area contributed by atoms with Gasteiger partial charge in [-0.15, -0.1) is 0 Å². The van der Waals surface area contributed by atoms with Gasteiger partial charge in [-0.1, -0.05) is 48.6 Å². The predicted octanol–water partition coefficient (Wildman–Crippen LogP) is 2.47. The maximum Gasteiger partial charge on any atom is 0.109 e. The molecule has 0 saturated heterocycles. The van der Waals surface area contributed by atoms with Crippen LogP contribution in [0.15, 0.2) is 59.8 Å². The van der Waals surface area contributed by atoms with Gasteiger partial charge in [-0.3, -0.25) is 9.98 Å². The van der Waals surface area contributed by atoms with Crippen LogP contribution in [-0.2, 0) is 0 Å². The van der Waals surface area contributed by atoms with Crippen molar-refractivity contribution in [3.05, 3.63) is 60.5 Å². The molecule has 2 heterocycles. The molecular weight excluding hydrogens is 312 g/mol. The number of aliphatic imine (C=N–C) groups is 1. The minimum atomic E-state index is 0.151. The lowest BCUT2D eigenvalue weighted by atomic mass is 9.80. The molecule has 2 aliphatic rings. The van der Waals surface area contributed by atoms with Gasteiger partial charge in [0.05, 0.1) is 24.5 Å². The largest absolute Gasteiger partial charge is 0.395 e. The summed E-state index contributed by atoms with van der Waals surface area (Å²) in [5.41, 5.74) is 2.16. The molecule has 1 aliphatic carbocycles. The van der Waals surface area contributed by atoms with Crippen LogP contribution < -0.4 is 10.6 Å². The molecule has 1 aliphatic heterocycles. The predicted molar refractivity (Wildman–Crippen MR) is 102 cm³/mol. The van der Waals surface area contributed by atoms with Crippen molar-refractivity contribution < 1.29 is 5.11 Å². The zero-order valence-electron chi connectivity index (χ0n) is 14.0. The number of aliphatic hydroxyl groups excluding tert-OH is 1. The second-order valence-electron chi connectivity index (χ2n) is 6.29. The van der Waals surface area contributed by atoms with Gasteiger partial charge in [0.15, 0.2) is 0 Å². The Morgan fingerprint density at radius 1 is 1.12 bits per heavy atom. The molecule has 5 heteroatoms. The van der Waals surface area contributed by atoms with Gasteiger partial charge in [-0.2, -0.15) is 0 Å². The lowest BCUT2D eigenvalue weighted by Crippen LogP contribution is -2.34. The number of fused-ring (bicyclic) bond motifs is 5. The van der Waals surface area contributed by atoms with E-state index < -0.39 is 0 Å². The topological polar surface area (TPSA) is 69.5 Å². The summed E-state index contributed by atoms with van der Waals surface area (Å²) in [5, 5.41) is 17.9. The minimum Gasteiger partial charge on any atom is -0.395 e. The first-order valence-electron chi connectivity index (χ1n) is 8.74. The number of hydrogen-bond donors (Lipinski definition) is 3. The number of aromatic nitrogens is 1. The van der Waals surface area contributed by atoms with Gasteiger partial charge >= 0.3 is 0 Å². The number of aliphatic hydroxyl groups is 1. The maximum atomic E-state index is 8.84. The summed E-state index contributed by atoms with van der Waals surface area (Å²) >= 11 is 0. The second kappa shape index (κ2) is 7.17. The van der Waals surface area contributed by atoms with Crippen molar-refractivity contribution in [3.8, 4) is 0 Å². The van der Waals surface area contributed by atoms with Gasteiger partial charge < -0.3 is 15.7 Å². The molecular formula is C20H22N4O. The first-order chi connectivity index (χ1) is 12.4. The fourth-order valence-electron chi connectivity index (χ4n) is 3.51. The van der Waals surface area contributed by atoms with Gasteiger partial charge in [0.2, 0.25) is 0 Å². The van der Waals surface area contributed by atoms with E-state index >= 15 is 0 Å². The van der Waals surface area contributed by atoms with Crippen molar-refractivity contribution in [3.63, 3.8) is 0 Å². The maximum absolute atomic E-state index is 8.84. The summed E-state index contributed by atoms with van der Waals surface area (Å²) < 4.78 is 0. The Hall–Kier alpha value is -2.50. The summed E-state index contributed by atoms with van der Waals surface area (Å²) in [6, 6.07) is 8.31. The highest BCUT2D eigenvalue weighted by atomic mass is 16.3. The number of amidine groups is 1. The van der Waals surface area contributed by atoms with Crippen molar-refractivity contribution >= 4 is 22.3 Å². The molecule has 0 bridgehead atoms. The average molecular weight is 334 g/mol. The highest BCUT2D eigenvalue weighted by Crippen LogP contribution is 2.41. The zero-order valence-corrected chi connectivity index (χ0v) is 14.0. The van der Waals surface area contributed by atoms with Gasteiger partial charge in [0.25, 0.3) is 0 Å². The lowest BCUT2D eigenvalue weighted by Gasteiger charge is -2.33. The number of nitrogens with one attached hydrogen (secondary N) is 2. The van der Waals surface area contributed by atoms with Gasteiger partial charge in [-0.05, 0) is 0 Å². The Bertz CT molecular complexity index is 856. The molecule has 0 saturated carbocycles. The molecule has 0 radical (unpaired) electrons. The number of benzene rings is 1. The standard InChI is InChI=1S/C20H22N4O/c25-12-11-21-9-10-22-20-17-8-4-3-7-16(17)18-19(24-20)15-6-2-1-5-14(15)13-23-18/h1-8,13,16-17,21,25H,9-12H2,(H,22,24). The first-order valence-corrected chi connectivity index (χ1v) is 8.74. The molecule has 0 fully saturated rings. The highest BCUT2D eigenvalue weighted by Gasteiger charge is 2.33. The van der Waals surface area contributed by atoms with Crippen molar-refractivity contribution in [1.82, 2.24) is 10.3 Å². The summed E-state index contributed by atoms with van der Waals surface area (Å²) in [5.74, 6) is 1.40. The fraction of sp³-hybridized carbons (Fsp3) is 0.300. The third-order valence-corrected chi connectivity index (χ3v) is 4.71. The van der Waals surface area contributed by atoms with Crippen molar-refractivity contribution in [2.24, 2.45) is 10.9 Å². The van der Waals surface area contributed by atoms with E-state index in [-0.39, 0.29) is 18.4 Å². The Balaban J connectivity index is 1.69. The van der Waals surface area contributed by atoms with E-state index in [4.69, 9.17) is 15.1 Å². The van der Waals surface area contributed by atoms with E-state index in [9.17, 15) is 0 Å². The average Bonchev–Trinajstić information content (AvgIpc) is 2.67. The minimum absolute atomic E-state index is 0.151. The SMILES string of the molecule is OCCNCCN=C1Nc2c(ncc3ccccc23)C2C=CC=CC12. The van der Waals surface area contributed by atoms with Crippen LogP contribution >= 0.6 is 0 Å². The zero-order chi connectivity index (χ0) is 17.1. The molecule has 2 atom stereocenters. The van der Waals surface area contributed by atoms with Crippen LogP contribution in [0.25, 0.3) is 10.8 Å². The molecule has 2 unspecified atom stereocenters. The van der Waals surface area contributed by atoms with E-state index in [1.807, 2.05) is 12.3 Å². The third kappa shape index (κ3) is 3.08. The van der Waals surface area contributed by atoms with E-state index in [0.29, 0.717) is 13.1 Å². The monoisotopic (exact) mass is 334 g/mol. The van der Waals surface area contributed by atoms with Crippen LogP contribution in [-0.4, -0.2) is 42.2 Å². The molecule has 1 aromatic heterocycles. The lowest BCUT2D eigenvalue weighted by molar-refractivity contribution is 0.293. The molecule has 5 nitrogen and oxygen atoms in total. The van der Waals surface area contributed by atoms with Gasteiger partial charge in [0.1, 0.15) is 5.84 Å². The fourth-order valence-corrected chi connectivity index (χ4v) is 3.51. The molecule has 0 spiro atoms. The van der Waals surface area contributed by atoms with Crippen molar-refractivity contribution in [2.45, 2.75) is 5.92 Å².